The lowest BCUT2D eigenvalue weighted by Crippen LogP contribution is -2.01. The van der Waals surface area contributed by atoms with Gasteiger partial charge in [-0.3, -0.25) is 0 Å². The molecule has 0 atom stereocenters. The minimum Gasteiger partial charge on any atom is -0.483 e. The number of hydrogen-bond donors (Lipinski definition) is 1. The highest BCUT2D eigenvalue weighted by Gasteiger charge is 2.10. The first kappa shape index (κ1) is 13.8. The lowest BCUT2D eigenvalue weighted by Gasteiger charge is -2.06. The number of hydrogen-bond acceptors (Lipinski definition) is 5. The van der Waals surface area contributed by atoms with Crippen molar-refractivity contribution in [2.45, 2.75) is 20.0 Å². The molecule has 0 amide bonds. The number of carbonyl (C=O) groups is 1. The van der Waals surface area contributed by atoms with E-state index in [9.17, 15) is 4.79 Å². The fourth-order valence-corrected chi connectivity index (χ4v) is 1.87. The number of benzene rings is 1. The van der Waals surface area contributed by atoms with Gasteiger partial charge in [0, 0.05) is 6.42 Å². The number of carboxylic acid groups (broad SMARTS) is 1. The number of rotatable bonds is 5. The molecule has 0 unspecified atom stereocenters. The number of carboxylic acids is 1. The van der Waals surface area contributed by atoms with E-state index in [1.807, 2.05) is 6.92 Å². The van der Waals surface area contributed by atoms with Gasteiger partial charge < -0.3 is 14.3 Å². The van der Waals surface area contributed by atoms with Gasteiger partial charge in [-0.25, -0.2) is 4.79 Å². The molecule has 0 saturated carbocycles. The summed E-state index contributed by atoms with van der Waals surface area (Å²) in [5.41, 5.74) is 0.176. The smallest absolute Gasteiger partial charge is 0.335 e. The topological polar surface area (TPSA) is 85.5 Å². The van der Waals surface area contributed by atoms with Crippen LogP contribution in [-0.2, 0) is 13.0 Å². The summed E-state index contributed by atoms with van der Waals surface area (Å²) in [5.74, 6) is 0.407. The van der Waals surface area contributed by atoms with E-state index in [2.05, 4.69) is 32.8 Å². The van der Waals surface area contributed by atoms with Crippen LogP contribution in [0.2, 0.25) is 0 Å². The maximum absolute atomic E-state index is 10.9. The summed E-state index contributed by atoms with van der Waals surface area (Å²) in [6.07, 6.45) is 0.666. The monoisotopic (exact) mass is 374 g/mol. The van der Waals surface area contributed by atoms with Crippen molar-refractivity contribution in [1.82, 2.24) is 10.2 Å². The Hall–Kier alpha value is -1.64. The molecule has 1 aromatic carbocycles. The molecule has 2 rings (SSSR count). The summed E-state index contributed by atoms with van der Waals surface area (Å²) in [6.45, 7) is 2.03. The highest BCUT2D eigenvalue weighted by molar-refractivity contribution is 14.1. The second-order valence-electron chi connectivity index (χ2n) is 3.68. The molecule has 7 heteroatoms. The van der Waals surface area contributed by atoms with Gasteiger partial charge in [0.25, 0.3) is 5.89 Å². The van der Waals surface area contributed by atoms with Gasteiger partial charge in [-0.05, 0) is 40.8 Å². The average Bonchev–Trinajstić information content (AvgIpc) is 2.85. The van der Waals surface area contributed by atoms with E-state index < -0.39 is 5.97 Å². The largest absolute Gasteiger partial charge is 0.483 e. The molecule has 2 aromatic rings. The summed E-state index contributed by atoms with van der Waals surface area (Å²) in [6, 6.07) is 4.69. The van der Waals surface area contributed by atoms with Crippen molar-refractivity contribution in [2.24, 2.45) is 0 Å². The molecule has 6 nitrogen and oxygen atoms in total. The van der Waals surface area contributed by atoms with Crippen LogP contribution in [0.25, 0.3) is 0 Å². The fraction of sp³-hybridized carbons (Fsp3) is 0.250. The van der Waals surface area contributed by atoms with E-state index in [1.165, 1.54) is 12.1 Å². The Morgan fingerprint density at radius 3 is 2.79 bits per heavy atom. The van der Waals surface area contributed by atoms with Crippen molar-refractivity contribution in [2.75, 3.05) is 0 Å². The van der Waals surface area contributed by atoms with Crippen molar-refractivity contribution in [3.05, 3.63) is 39.1 Å². The summed E-state index contributed by atoms with van der Waals surface area (Å²) >= 11 is 2.07. The van der Waals surface area contributed by atoms with Crippen LogP contribution in [0.1, 0.15) is 29.1 Å². The van der Waals surface area contributed by atoms with Crippen LogP contribution in [0.4, 0.5) is 0 Å². The summed E-state index contributed by atoms with van der Waals surface area (Å²) in [5, 5.41) is 16.6. The summed E-state index contributed by atoms with van der Waals surface area (Å²) < 4.78 is 11.6. The molecule has 0 saturated heterocycles. The Kier molecular flexibility index (Phi) is 4.35. The highest BCUT2D eigenvalue weighted by atomic mass is 127. The molecular formula is C12H11IN2O4. The molecule has 1 aromatic heterocycles. The molecule has 0 aliphatic heterocycles. The zero-order valence-electron chi connectivity index (χ0n) is 10.1. The Morgan fingerprint density at radius 2 is 2.16 bits per heavy atom. The van der Waals surface area contributed by atoms with E-state index in [-0.39, 0.29) is 12.2 Å². The Morgan fingerprint density at radius 1 is 1.42 bits per heavy atom. The molecule has 0 spiro atoms. The van der Waals surface area contributed by atoms with Gasteiger partial charge in [0.1, 0.15) is 5.75 Å². The Balaban J connectivity index is 2.10. The second-order valence-corrected chi connectivity index (χ2v) is 4.84. The standard InChI is InChI=1S/C12H11IN2O4/c1-2-10-14-15-11(19-10)6-18-9-5-7(12(16)17)3-4-8(9)13/h3-5H,2,6H2,1H3,(H,16,17). The number of ether oxygens (including phenoxy) is 1. The molecule has 19 heavy (non-hydrogen) atoms. The first-order chi connectivity index (χ1) is 9.10. The van der Waals surface area contributed by atoms with Gasteiger partial charge in [-0.1, -0.05) is 6.92 Å². The van der Waals surface area contributed by atoms with Crippen LogP contribution in [0.15, 0.2) is 22.6 Å². The maximum atomic E-state index is 10.9. The predicted molar refractivity (Wildman–Crippen MR) is 74.1 cm³/mol. The first-order valence-electron chi connectivity index (χ1n) is 5.57. The Labute approximate surface area is 122 Å². The van der Waals surface area contributed by atoms with Crippen LogP contribution >= 0.6 is 22.6 Å². The summed E-state index contributed by atoms with van der Waals surface area (Å²) in [4.78, 5) is 10.9. The zero-order chi connectivity index (χ0) is 13.8. The zero-order valence-corrected chi connectivity index (χ0v) is 12.2. The highest BCUT2D eigenvalue weighted by Crippen LogP contribution is 2.23. The van der Waals surface area contributed by atoms with Crippen LogP contribution in [-0.4, -0.2) is 21.3 Å². The van der Waals surface area contributed by atoms with Gasteiger partial charge in [-0.15, -0.1) is 10.2 Å². The minimum absolute atomic E-state index is 0.117. The average molecular weight is 374 g/mol. The lowest BCUT2D eigenvalue weighted by atomic mass is 10.2. The number of nitrogens with zero attached hydrogens (tertiary/aromatic N) is 2. The number of aryl methyl sites for hydroxylation is 1. The summed E-state index contributed by atoms with van der Waals surface area (Å²) in [7, 11) is 0. The third-order valence-corrected chi connectivity index (χ3v) is 3.23. The van der Waals surface area contributed by atoms with Gasteiger partial charge in [0.15, 0.2) is 6.61 Å². The number of aromatic carboxylic acids is 1. The van der Waals surface area contributed by atoms with Crippen molar-refractivity contribution in [3.63, 3.8) is 0 Å². The van der Waals surface area contributed by atoms with Crippen LogP contribution in [0, 0.1) is 3.57 Å². The van der Waals surface area contributed by atoms with Crippen molar-refractivity contribution < 1.29 is 19.1 Å². The van der Waals surface area contributed by atoms with E-state index in [4.69, 9.17) is 14.3 Å². The predicted octanol–water partition coefficient (Wildman–Crippen LogP) is 2.51. The van der Waals surface area contributed by atoms with Crippen molar-refractivity contribution in [3.8, 4) is 5.75 Å². The molecule has 100 valence electrons. The van der Waals surface area contributed by atoms with E-state index in [0.717, 1.165) is 3.57 Å². The molecule has 0 aliphatic carbocycles. The van der Waals surface area contributed by atoms with Crippen LogP contribution < -0.4 is 4.74 Å². The van der Waals surface area contributed by atoms with Gasteiger partial charge in [0.05, 0.1) is 9.13 Å². The first-order valence-corrected chi connectivity index (χ1v) is 6.65. The van der Waals surface area contributed by atoms with Gasteiger partial charge in [0.2, 0.25) is 5.89 Å². The van der Waals surface area contributed by atoms with E-state index in [0.29, 0.717) is 24.0 Å². The maximum Gasteiger partial charge on any atom is 0.335 e. The SMILES string of the molecule is CCc1nnc(COc2cc(C(=O)O)ccc2I)o1. The van der Waals surface area contributed by atoms with Gasteiger partial charge in [-0.2, -0.15) is 0 Å². The molecule has 1 N–H and O–H groups in total. The van der Waals surface area contributed by atoms with Crippen molar-refractivity contribution >= 4 is 28.6 Å². The van der Waals surface area contributed by atoms with Crippen LogP contribution in [0.5, 0.6) is 5.75 Å². The molecule has 0 radical (unpaired) electrons. The van der Waals surface area contributed by atoms with E-state index >= 15 is 0 Å². The number of aromatic nitrogens is 2. The molecule has 0 aliphatic rings. The third-order valence-electron chi connectivity index (χ3n) is 2.34. The van der Waals surface area contributed by atoms with Crippen molar-refractivity contribution in [1.29, 1.82) is 0 Å². The normalized spacial score (nSPS) is 10.4. The quantitative estimate of drug-likeness (QED) is 0.810. The number of halogens is 1. The lowest BCUT2D eigenvalue weighted by molar-refractivity contribution is 0.0696. The van der Waals surface area contributed by atoms with Gasteiger partial charge >= 0.3 is 5.97 Å². The second kappa shape index (κ2) is 6.00. The third kappa shape index (κ3) is 3.43. The molecule has 1 heterocycles. The molecular weight excluding hydrogens is 363 g/mol. The van der Waals surface area contributed by atoms with E-state index in [1.54, 1.807) is 6.07 Å². The Bertz CT molecular complexity index is 597. The fourth-order valence-electron chi connectivity index (χ4n) is 1.38. The molecule has 0 fully saturated rings. The minimum atomic E-state index is -0.993. The molecule has 0 bridgehead atoms. The van der Waals surface area contributed by atoms with Crippen LogP contribution in [0.3, 0.4) is 0 Å².